The molecule has 96 valence electrons. The molecule has 0 aliphatic carbocycles. The summed E-state index contributed by atoms with van der Waals surface area (Å²) in [6.07, 6.45) is 0. The monoisotopic (exact) mass is 301 g/mol. The first kappa shape index (κ1) is 14.3. The van der Waals surface area contributed by atoms with Gasteiger partial charge in [0.2, 0.25) is 0 Å². The predicted octanol–water partition coefficient (Wildman–Crippen LogP) is 2.24. The number of halogens is 1. The van der Waals surface area contributed by atoms with Crippen molar-refractivity contribution in [2.75, 3.05) is 25.7 Å². The van der Waals surface area contributed by atoms with Crippen LogP contribution < -0.4 is 20.9 Å². The van der Waals surface area contributed by atoms with E-state index in [1.54, 1.807) is 7.11 Å². The summed E-state index contributed by atoms with van der Waals surface area (Å²) < 4.78 is 6.65. The quantitative estimate of drug-likeness (QED) is 0.509. The van der Waals surface area contributed by atoms with Crippen LogP contribution in [-0.4, -0.2) is 20.8 Å². The summed E-state index contributed by atoms with van der Waals surface area (Å²) in [7, 11) is 3.67. The van der Waals surface area contributed by atoms with Crippen LogP contribution in [0, 0.1) is 20.8 Å². The maximum atomic E-state index is 5.53. The second-order valence-electron chi connectivity index (χ2n) is 4.13. The highest BCUT2D eigenvalue weighted by Crippen LogP contribution is 2.41. The number of rotatable bonds is 4. The molecule has 0 spiro atoms. The van der Waals surface area contributed by atoms with Crippen LogP contribution in [0.5, 0.6) is 5.75 Å². The van der Waals surface area contributed by atoms with Crippen molar-refractivity contribution in [3.8, 4) is 5.75 Å². The topological polar surface area (TPSA) is 50.5 Å². The van der Waals surface area contributed by atoms with Crippen LogP contribution in [0.25, 0.3) is 0 Å². The molecule has 1 rings (SSSR count). The Bertz CT molecular complexity index is 421. The molecule has 0 aliphatic rings. The summed E-state index contributed by atoms with van der Waals surface area (Å²) in [5.74, 6) is 6.27. The van der Waals surface area contributed by atoms with Crippen LogP contribution in [0.4, 0.5) is 5.69 Å². The summed E-state index contributed by atoms with van der Waals surface area (Å²) in [6, 6.07) is 0. The number of hydrogen-bond donors (Lipinski definition) is 2. The number of anilines is 1. The first-order valence-corrected chi connectivity index (χ1v) is 6.22. The molecule has 0 saturated heterocycles. The Labute approximate surface area is 111 Å². The Morgan fingerprint density at radius 3 is 2.29 bits per heavy atom. The van der Waals surface area contributed by atoms with Crippen molar-refractivity contribution in [1.29, 1.82) is 0 Å². The van der Waals surface area contributed by atoms with Gasteiger partial charge in [-0.3, -0.25) is 5.84 Å². The van der Waals surface area contributed by atoms with Crippen LogP contribution >= 0.6 is 15.9 Å². The summed E-state index contributed by atoms with van der Waals surface area (Å²) in [4.78, 5) is 2.03. The zero-order valence-electron chi connectivity index (χ0n) is 11.0. The number of methoxy groups -OCH3 is 1. The van der Waals surface area contributed by atoms with Crippen molar-refractivity contribution in [1.82, 2.24) is 5.43 Å². The van der Waals surface area contributed by atoms with Gasteiger partial charge in [0.25, 0.3) is 0 Å². The van der Waals surface area contributed by atoms with E-state index in [2.05, 4.69) is 42.1 Å². The molecule has 5 heteroatoms. The molecule has 0 atom stereocenters. The van der Waals surface area contributed by atoms with Gasteiger partial charge in [0.1, 0.15) is 5.75 Å². The van der Waals surface area contributed by atoms with Gasteiger partial charge in [-0.25, -0.2) is 5.43 Å². The van der Waals surface area contributed by atoms with E-state index < -0.39 is 0 Å². The lowest BCUT2D eigenvalue weighted by Gasteiger charge is -2.26. The second kappa shape index (κ2) is 5.71. The largest absolute Gasteiger partial charge is 0.494 e. The van der Waals surface area contributed by atoms with Crippen LogP contribution in [0.3, 0.4) is 0 Å². The molecule has 0 amide bonds. The van der Waals surface area contributed by atoms with Crippen LogP contribution in [0.2, 0.25) is 0 Å². The van der Waals surface area contributed by atoms with Crippen LogP contribution in [-0.2, 0) is 0 Å². The minimum atomic E-state index is 0.562. The van der Waals surface area contributed by atoms with Crippen molar-refractivity contribution in [3.05, 3.63) is 21.2 Å². The Hall–Kier alpha value is -0.780. The van der Waals surface area contributed by atoms with E-state index in [0.29, 0.717) is 6.67 Å². The van der Waals surface area contributed by atoms with Gasteiger partial charge in [-0.05, 0) is 37.5 Å². The molecule has 0 aromatic heterocycles. The lowest BCUT2D eigenvalue weighted by Crippen LogP contribution is -2.36. The Morgan fingerprint density at radius 1 is 1.24 bits per heavy atom. The SMILES string of the molecule is COc1c(C)c(C)c(Br)c(C)c1N(C)CNN. The summed E-state index contributed by atoms with van der Waals surface area (Å²) >= 11 is 3.63. The summed E-state index contributed by atoms with van der Waals surface area (Å²) in [6.45, 7) is 6.78. The van der Waals surface area contributed by atoms with Gasteiger partial charge in [-0.2, -0.15) is 0 Å². The zero-order valence-corrected chi connectivity index (χ0v) is 12.6. The van der Waals surface area contributed by atoms with Crippen molar-refractivity contribution in [3.63, 3.8) is 0 Å². The molecule has 0 radical (unpaired) electrons. The van der Waals surface area contributed by atoms with Gasteiger partial charge in [0.05, 0.1) is 19.5 Å². The fraction of sp³-hybridized carbons (Fsp3) is 0.500. The smallest absolute Gasteiger partial charge is 0.145 e. The fourth-order valence-electron chi connectivity index (χ4n) is 1.99. The zero-order chi connectivity index (χ0) is 13.2. The highest BCUT2D eigenvalue weighted by molar-refractivity contribution is 9.10. The number of ether oxygens (including phenoxy) is 1. The summed E-state index contributed by atoms with van der Waals surface area (Å²) in [5, 5.41) is 0. The van der Waals surface area contributed by atoms with E-state index in [1.165, 1.54) is 5.56 Å². The van der Waals surface area contributed by atoms with Crippen molar-refractivity contribution < 1.29 is 4.74 Å². The van der Waals surface area contributed by atoms with Gasteiger partial charge in [-0.1, -0.05) is 15.9 Å². The van der Waals surface area contributed by atoms with Gasteiger partial charge < -0.3 is 9.64 Å². The Morgan fingerprint density at radius 2 is 1.82 bits per heavy atom. The molecule has 0 unspecified atom stereocenters. The first-order valence-electron chi connectivity index (χ1n) is 5.43. The molecule has 0 fully saturated rings. The molecule has 1 aromatic carbocycles. The maximum Gasteiger partial charge on any atom is 0.145 e. The molecule has 17 heavy (non-hydrogen) atoms. The van der Waals surface area contributed by atoms with Gasteiger partial charge in [-0.15, -0.1) is 0 Å². The Kier molecular flexibility index (Phi) is 4.80. The van der Waals surface area contributed by atoms with Crippen LogP contribution in [0.15, 0.2) is 4.47 Å². The maximum absolute atomic E-state index is 5.53. The third-order valence-corrected chi connectivity index (χ3v) is 4.24. The minimum absolute atomic E-state index is 0.562. The van der Waals surface area contributed by atoms with Crippen molar-refractivity contribution in [2.24, 2.45) is 5.84 Å². The molecule has 0 bridgehead atoms. The molecule has 0 saturated carbocycles. The van der Waals surface area contributed by atoms with Crippen LogP contribution in [0.1, 0.15) is 16.7 Å². The number of hydrogen-bond acceptors (Lipinski definition) is 4. The molecule has 4 nitrogen and oxygen atoms in total. The number of hydrazine groups is 1. The van der Waals surface area contributed by atoms with Gasteiger partial charge >= 0.3 is 0 Å². The minimum Gasteiger partial charge on any atom is -0.494 e. The van der Waals surface area contributed by atoms with E-state index in [-0.39, 0.29) is 0 Å². The third-order valence-electron chi connectivity index (χ3n) is 3.05. The number of nitrogens with one attached hydrogen (secondary N) is 1. The highest BCUT2D eigenvalue weighted by Gasteiger charge is 2.19. The molecule has 3 N–H and O–H groups in total. The highest BCUT2D eigenvalue weighted by atomic mass is 79.9. The molecular formula is C12H20BrN3O. The summed E-state index contributed by atoms with van der Waals surface area (Å²) in [5.41, 5.74) is 7.21. The fourth-order valence-corrected chi connectivity index (χ4v) is 2.48. The number of nitrogens with zero attached hydrogens (tertiary/aromatic N) is 1. The lowest BCUT2D eigenvalue weighted by atomic mass is 10.0. The molecule has 1 aromatic rings. The van der Waals surface area contributed by atoms with Gasteiger partial charge in [0.15, 0.2) is 0 Å². The molecule has 0 aliphatic heterocycles. The average Bonchev–Trinajstić information content (AvgIpc) is 2.31. The Balaban J connectivity index is 3.46. The normalized spacial score (nSPS) is 10.5. The lowest BCUT2D eigenvalue weighted by molar-refractivity contribution is 0.410. The van der Waals surface area contributed by atoms with E-state index in [1.807, 2.05) is 11.9 Å². The number of nitrogens with two attached hydrogens (primary N) is 1. The first-order chi connectivity index (χ1) is 7.95. The van der Waals surface area contributed by atoms with E-state index in [4.69, 9.17) is 10.6 Å². The van der Waals surface area contributed by atoms with E-state index >= 15 is 0 Å². The average molecular weight is 302 g/mol. The predicted molar refractivity (Wildman–Crippen MR) is 75.5 cm³/mol. The van der Waals surface area contributed by atoms with E-state index in [0.717, 1.165) is 27.0 Å². The van der Waals surface area contributed by atoms with Crippen molar-refractivity contribution >= 4 is 21.6 Å². The third kappa shape index (κ3) is 2.56. The molecular weight excluding hydrogens is 282 g/mol. The number of benzene rings is 1. The van der Waals surface area contributed by atoms with Crippen molar-refractivity contribution in [2.45, 2.75) is 20.8 Å². The second-order valence-corrected chi connectivity index (χ2v) is 4.92. The van der Waals surface area contributed by atoms with E-state index in [9.17, 15) is 0 Å². The van der Waals surface area contributed by atoms with Gasteiger partial charge in [0, 0.05) is 11.5 Å². The standard InChI is InChI=1S/C12H20BrN3O/c1-7-8(2)12(17-5)11(9(3)10(7)13)16(4)6-15-14/h15H,6,14H2,1-5H3. The molecule has 0 heterocycles.